The van der Waals surface area contributed by atoms with Crippen molar-refractivity contribution in [1.82, 2.24) is 9.29 Å². The lowest BCUT2D eigenvalue weighted by Crippen LogP contribution is -2.36. The number of aromatic nitrogens is 1. The number of benzene rings is 1. The Morgan fingerprint density at radius 3 is 2.57 bits per heavy atom. The highest BCUT2D eigenvalue weighted by Gasteiger charge is 2.40. The first-order valence-corrected chi connectivity index (χ1v) is 11.8. The molecule has 0 spiro atoms. The Kier molecular flexibility index (Phi) is 7.12. The van der Waals surface area contributed by atoms with Crippen LogP contribution in [-0.4, -0.2) is 42.5 Å². The number of aliphatic hydroxyl groups is 1. The van der Waals surface area contributed by atoms with Gasteiger partial charge in [0.05, 0.1) is 23.1 Å². The first-order chi connectivity index (χ1) is 14.2. The summed E-state index contributed by atoms with van der Waals surface area (Å²) in [5.41, 5.74) is 3.56. The van der Waals surface area contributed by atoms with Crippen LogP contribution in [0, 0.1) is 0 Å². The lowest BCUT2D eigenvalue weighted by Gasteiger charge is -2.30. The van der Waals surface area contributed by atoms with E-state index < -0.39 is 21.7 Å². The number of halogens is 1. The van der Waals surface area contributed by atoms with E-state index in [1.54, 1.807) is 13.0 Å². The highest BCUT2D eigenvalue weighted by atomic mass is 79.9. The molecule has 0 bridgehead atoms. The molecule has 0 amide bonds. The minimum absolute atomic E-state index is 0.0403. The number of hydrogen-bond acceptors (Lipinski definition) is 5. The van der Waals surface area contributed by atoms with Gasteiger partial charge in [0.2, 0.25) is 0 Å². The monoisotopic (exact) mass is 494 g/mol. The van der Waals surface area contributed by atoms with Crippen molar-refractivity contribution in [3.05, 3.63) is 51.6 Å². The van der Waals surface area contributed by atoms with Gasteiger partial charge < -0.3 is 9.84 Å². The molecule has 0 saturated carbocycles. The van der Waals surface area contributed by atoms with Gasteiger partial charge in [-0.3, -0.25) is 0 Å². The second kappa shape index (κ2) is 9.26. The number of pyridine rings is 1. The van der Waals surface area contributed by atoms with Crippen molar-refractivity contribution in [2.45, 2.75) is 51.4 Å². The number of hydrogen-bond donors (Lipinski definition) is 1. The molecule has 30 heavy (non-hydrogen) atoms. The highest BCUT2D eigenvalue weighted by Crippen LogP contribution is 2.44. The maximum atomic E-state index is 13.3. The van der Waals surface area contributed by atoms with Crippen molar-refractivity contribution >= 4 is 32.9 Å². The van der Waals surface area contributed by atoms with E-state index in [1.165, 1.54) is 0 Å². The van der Waals surface area contributed by atoms with E-state index in [0.29, 0.717) is 18.7 Å². The van der Waals surface area contributed by atoms with Crippen molar-refractivity contribution < 1.29 is 18.8 Å². The lowest BCUT2D eigenvalue weighted by molar-refractivity contribution is 0.0519. The second-order valence-electron chi connectivity index (χ2n) is 8.12. The fourth-order valence-corrected chi connectivity index (χ4v) is 5.27. The van der Waals surface area contributed by atoms with E-state index in [1.807, 2.05) is 49.3 Å². The van der Waals surface area contributed by atoms with Crippen LogP contribution < -0.4 is 0 Å². The molecule has 2 atom stereocenters. The van der Waals surface area contributed by atoms with E-state index in [0.717, 1.165) is 21.2 Å². The second-order valence-corrected chi connectivity index (χ2v) is 11.2. The SMILES string of the molecule is CCOC(=O)c1cc2c(c(-c3ccc(Br)cc3)n1)[C@@H](CCO)N([S@](=O)C(C)(C)C)C2. The molecule has 0 unspecified atom stereocenters. The van der Waals surface area contributed by atoms with Crippen LogP contribution >= 0.6 is 15.9 Å². The Balaban J connectivity index is 2.19. The molecule has 1 aromatic carbocycles. The minimum atomic E-state index is -1.29. The van der Waals surface area contributed by atoms with E-state index in [9.17, 15) is 14.1 Å². The minimum Gasteiger partial charge on any atom is -0.461 e. The molecule has 0 radical (unpaired) electrons. The maximum Gasteiger partial charge on any atom is 0.356 e. The number of rotatable bonds is 6. The quantitative estimate of drug-likeness (QED) is 0.602. The summed E-state index contributed by atoms with van der Waals surface area (Å²) < 4.78 is 20.8. The molecule has 1 aromatic heterocycles. The van der Waals surface area contributed by atoms with Crippen LogP contribution in [-0.2, 0) is 22.3 Å². The number of carbonyl (C=O) groups is 1. The summed E-state index contributed by atoms with van der Waals surface area (Å²) >= 11 is 3.45. The Morgan fingerprint density at radius 1 is 1.33 bits per heavy atom. The number of ether oxygens (including phenoxy) is 1. The first kappa shape index (κ1) is 23.1. The average molecular weight is 495 g/mol. The maximum absolute atomic E-state index is 13.3. The third-order valence-electron chi connectivity index (χ3n) is 4.89. The molecule has 162 valence electrons. The van der Waals surface area contributed by atoms with Crippen LogP contribution in [0.5, 0.6) is 0 Å². The van der Waals surface area contributed by atoms with Gasteiger partial charge in [-0.25, -0.2) is 18.3 Å². The summed E-state index contributed by atoms with van der Waals surface area (Å²) in [5.74, 6) is -0.479. The standard InChI is InChI=1S/C22H27BrN2O4S/c1-5-29-21(27)17-12-15-13-25(30(28)22(2,3)4)18(10-11-26)19(15)20(24-17)14-6-8-16(23)9-7-14/h6-9,12,18,26H,5,10-11,13H2,1-4H3/t18-,30-/m1/s1. The van der Waals surface area contributed by atoms with Crippen molar-refractivity contribution in [1.29, 1.82) is 0 Å². The van der Waals surface area contributed by atoms with Crippen molar-refractivity contribution in [3.8, 4) is 11.3 Å². The lowest BCUT2D eigenvalue weighted by atomic mass is 9.96. The van der Waals surface area contributed by atoms with Crippen LogP contribution in [0.4, 0.5) is 0 Å². The summed E-state index contributed by atoms with van der Waals surface area (Å²) in [7, 11) is -1.29. The third kappa shape index (κ3) is 4.66. The van der Waals surface area contributed by atoms with Crippen LogP contribution in [0.3, 0.4) is 0 Å². The summed E-state index contributed by atoms with van der Waals surface area (Å²) in [6.07, 6.45) is 0.429. The molecule has 1 N–H and O–H groups in total. The average Bonchev–Trinajstić information content (AvgIpc) is 3.05. The molecule has 1 aliphatic heterocycles. The molecule has 0 aliphatic carbocycles. The van der Waals surface area contributed by atoms with Gasteiger partial charge in [0.1, 0.15) is 16.7 Å². The highest BCUT2D eigenvalue weighted by molar-refractivity contribution is 9.10. The van der Waals surface area contributed by atoms with Gasteiger partial charge in [0, 0.05) is 28.8 Å². The van der Waals surface area contributed by atoms with Crippen molar-refractivity contribution in [3.63, 3.8) is 0 Å². The van der Waals surface area contributed by atoms with Gasteiger partial charge in [-0.05, 0) is 57.9 Å². The molecule has 6 nitrogen and oxygen atoms in total. The van der Waals surface area contributed by atoms with E-state index in [-0.39, 0.29) is 24.9 Å². The zero-order valence-corrected chi connectivity index (χ0v) is 20.0. The Morgan fingerprint density at radius 2 is 2.00 bits per heavy atom. The van der Waals surface area contributed by atoms with Gasteiger partial charge in [0.15, 0.2) is 0 Å². The predicted octanol–water partition coefficient (Wildman–Crippen LogP) is 4.39. The van der Waals surface area contributed by atoms with Crippen LogP contribution in [0.15, 0.2) is 34.8 Å². The normalized spacial score (nSPS) is 17.6. The predicted molar refractivity (Wildman–Crippen MR) is 121 cm³/mol. The summed E-state index contributed by atoms with van der Waals surface area (Å²) in [4.78, 5) is 17.1. The van der Waals surface area contributed by atoms with Gasteiger partial charge in [-0.2, -0.15) is 0 Å². The topological polar surface area (TPSA) is 79.7 Å². The molecule has 2 heterocycles. The Labute approximate surface area is 188 Å². The molecule has 2 aromatic rings. The van der Waals surface area contributed by atoms with Crippen LogP contribution in [0.2, 0.25) is 0 Å². The summed E-state index contributed by atoms with van der Waals surface area (Å²) in [6, 6.07) is 9.18. The molecule has 8 heteroatoms. The molecule has 3 rings (SSSR count). The first-order valence-electron chi connectivity index (χ1n) is 9.93. The summed E-state index contributed by atoms with van der Waals surface area (Å²) in [6.45, 7) is 8.19. The van der Waals surface area contributed by atoms with E-state index in [2.05, 4.69) is 20.9 Å². The smallest absolute Gasteiger partial charge is 0.356 e. The fraction of sp³-hybridized carbons (Fsp3) is 0.455. The van der Waals surface area contributed by atoms with Gasteiger partial charge in [-0.15, -0.1) is 0 Å². The third-order valence-corrected chi connectivity index (χ3v) is 7.28. The zero-order chi connectivity index (χ0) is 22.1. The van der Waals surface area contributed by atoms with Gasteiger partial charge in [0.25, 0.3) is 0 Å². The zero-order valence-electron chi connectivity index (χ0n) is 17.6. The molecule has 1 aliphatic rings. The summed E-state index contributed by atoms with van der Waals surface area (Å²) in [5, 5.41) is 9.74. The molecular formula is C22H27BrN2O4S. The van der Waals surface area contributed by atoms with Gasteiger partial charge >= 0.3 is 5.97 Å². The number of nitrogens with zero attached hydrogens (tertiary/aromatic N) is 2. The number of esters is 1. The van der Waals surface area contributed by atoms with E-state index in [4.69, 9.17) is 4.74 Å². The number of aliphatic hydroxyl groups excluding tert-OH is 1. The Bertz CT molecular complexity index is 957. The largest absolute Gasteiger partial charge is 0.461 e. The molecule has 0 fully saturated rings. The molecular weight excluding hydrogens is 468 g/mol. The number of carbonyl (C=O) groups excluding carboxylic acids is 1. The number of fused-ring (bicyclic) bond motifs is 1. The fourth-order valence-electron chi connectivity index (χ4n) is 3.61. The Hall–Kier alpha value is -1.61. The van der Waals surface area contributed by atoms with E-state index >= 15 is 0 Å². The van der Waals surface area contributed by atoms with Crippen molar-refractivity contribution in [2.24, 2.45) is 0 Å². The van der Waals surface area contributed by atoms with Gasteiger partial charge in [-0.1, -0.05) is 28.1 Å². The van der Waals surface area contributed by atoms with Crippen LogP contribution in [0.25, 0.3) is 11.3 Å². The molecule has 0 saturated heterocycles. The van der Waals surface area contributed by atoms with Crippen molar-refractivity contribution in [2.75, 3.05) is 13.2 Å². The van der Waals surface area contributed by atoms with Crippen LogP contribution in [0.1, 0.15) is 61.8 Å².